The molecule has 0 unspecified atom stereocenters. The van der Waals surface area contributed by atoms with Gasteiger partial charge in [-0.2, -0.15) is 0 Å². The number of nitrogens with zero attached hydrogens (tertiary/aromatic N) is 1. The molecule has 8 heteroatoms. The number of rotatable bonds is 5. The summed E-state index contributed by atoms with van der Waals surface area (Å²) >= 11 is 10.2. The number of ether oxygens (including phenoxy) is 2. The van der Waals surface area contributed by atoms with Crippen LogP contribution < -0.4 is 4.74 Å². The zero-order valence-corrected chi connectivity index (χ0v) is 23.8. The molecule has 0 amide bonds. The van der Waals surface area contributed by atoms with Gasteiger partial charge in [-0.1, -0.05) is 28.1 Å². The lowest BCUT2D eigenvalue weighted by Crippen LogP contribution is -2.05. The van der Waals surface area contributed by atoms with Crippen molar-refractivity contribution in [3.63, 3.8) is 0 Å². The first-order valence-corrected chi connectivity index (χ1v) is 13.1. The predicted molar refractivity (Wildman–Crippen MR) is 150 cm³/mol. The van der Waals surface area contributed by atoms with Crippen molar-refractivity contribution in [2.24, 2.45) is 4.99 Å². The first-order chi connectivity index (χ1) is 14.9. The Balaban J connectivity index is 1.55. The summed E-state index contributed by atoms with van der Waals surface area (Å²) < 4.78 is 15.5. The van der Waals surface area contributed by atoms with Crippen LogP contribution in [0.5, 0.6) is 5.75 Å². The van der Waals surface area contributed by atoms with E-state index in [0.717, 1.165) is 34.1 Å². The smallest absolute Gasteiger partial charge is 0.363 e. The Morgan fingerprint density at radius 3 is 2.39 bits per heavy atom. The van der Waals surface area contributed by atoms with Gasteiger partial charge in [0.2, 0.25) is 5.90 Å². The van der Waals surface area contributed by atoms with Crippen molar-refractivity contribution in [1.29, 1.82) is 0 Å². The number of hydrogen-bond acceptors (Lipinski definition) is 4. The van der Waals surface area contributed by atoms with Crippen molar-refractivity contribution in [3.05, 3.63) is 98.2 Å². The number of halogens is 4. The van der Waals surface area contributed by atoms with Crippen molar-refractivity contribution < 1.29 is 14.3 Å². The number of carbonyl (C=O) groups excluding carboxylic acids is 1. The monoisotopic (exact) mass is 811 g/mol. The van der Waals surface area contributed by atoms with Gasteiger partial charge in [0.25, 0.3) is 0 Å². The fraction of sp³-hybridized carbons (Fsp3) is 0.0435. The molecule has 0 bridgehead atoms. The molecule has 0 N–H and O–H groups in total. The summed E-state index contributed by atoms with van der Waals surface area (Å²) in [6.45, 7) is 0.496. The van der Waals surface area contributed by atoms with Crippen LogP contribution in [0.2, 0.25) is 0 Å². The minimum Gasteiger partial charge on any atom is -0.487 e. The van der Waals surface area contributed by atoms with Gasteiger partial charge in [0.05, 0.1) is 7.14 Å². The van der Waals surface area contributed by atoms with Crippen LogP contribution in [0.1, 0.15) is 16.7 Å². The van der Waals surface area contributed by atoms with Gasteiger partial charge >= 0.3 is 5.97 Å². The van der Waals surface area contributed by atoms with E-state index in [0.29, 0.717) is 12.5 Å². The molecule has 0 spiro atoms. The summed E-state index contributed by atoms with van der Waals surface area (Å²) in [5.41, 5.74) is 3.01. The van der Waals surface area contributed by atoms with Gasteiger partial charge in [0.1, 0.15) is 12.4 Å². The SMILES string of the molecule is O=C1OC(c2ccc(Br)cc2)=N/C1=C\c1cc(I)c(OCc2cccc(I)c2)c(I)c1. The number of cyclic esters (lactones) is 1. The minimum absolute atomic E-state index is 0.275. The highest BCUT2D eigenvalue weighted by Gasteiger charge is 2.24. The molecule has 0 radical (unpaired) electrons. The molecule has 0 atom stereocenters. The molecule has 0 aliphatic carbocycles. The van der Waals surface area contributed by atoms with Crippen LogP contribution in [-0.4, -0.2) is 11.9 Å². The Bertz CT molecular complexity index is 1200. The van der Waals surface area contributed by atoms with E-state index >= 15 is 0 Å². The molecule has 1 aliphatic heterocycles. The summed E-state index contributed by atoms with van der Waals surface area (Å²) in [7, 11) is 0. The second kappa shape index (κ2) is 10.3. The predicted octanol–water partition coefficient (Wildman–Crippen LogP) is 7.19. The van der Waals surface area contributed by atoms with E-state index in [1.165, 1.54) is 3.57 Å². The molecule has 1 aliphatic rings. The Kier molecular flexibility index (Phi) is 7.70. The normalized spacial score (nSPS) is 14.5. The lowest BCUT2D eigenvalue weighted by atomic mass is 10.2. The Hall–Kier alpha value is -0.990. The minimum atomic E-state index is -0.457. The third kappa shape index (κ3) is 5.88. The topological polar surface area (TPSA) is 47.9 Å². The number of esters is 1. The van der Waals surface area contributed by atoms with Gasteiger partial charge < -0.3 is 9.47 Å². The van der Waals surface area contributed by atoms with Gasteiger partial charge in [-0.15, -0.1) is 0 Å². The summed E-state index contributed by atoms with van der Waals surface area (Å²) in [5, 5.41) is 0. The third-order valence-electron chi connectivity index (χ3n) is 4.31. The molecule has 3 aromatic rings. The van der Waals surface area contributed by atoms with E-state index in [1.807, 2.05) is 48.5 Å². The largest absolute Gasteiger partial charge is 0.487 e. The summed E-state index contributed by atoms with van der Waals surface area (Å²) in [5.74, 6) is 0.683. The summed E-state index contributed by atoms with van der Waals surface area (Å²) in [6.07, 6.45) is 1.74. The molecule has 0 fully saturated rings. The second-order valence-corrected chi connectivity index (χ2v) is 11.1. The van der Waals surface area contributed by atoms with Gasteiger partial charge in [-0.05, 0) is 134 Å². The highest BCUT2D eigenvalue weighted by atomic mass is 127. The average molecular weight is 812 g/mol. The van der Waals surface area contributed by atoms with Crippen molar-refractivity contribution in [3.8, 4) is 5.75 Å². The molecular weight excluding hydrogens is 799 g/mol. The van der Waals surface area contributed by atoms with Crippen LogP contribution in [0, 0.1) is 10.7 Å². The van der Waals surface area contributed by atoms with Gasteiger partial charge in [0, 0.05) is 13.6 Å². The van der Waals surface area contributed by atoms with Crippen molar-refractivity contribution >= 4 is 102 Å². The first-order valence-electron chi connectivity index (χ1n) is 9.04. The molecular formula is C23H13BrI3NO3. The molecule has 0 saturated heterocycles. The number of aliphatic imine (C=N–C) groups is 1. The quantitative estimate of drug-likeness (QED) is 0.156. The molecule has 4 rings (SSSR count). The molecule has 0 saturated carbocycles. The van der Waals surface area contributed by atoms with E-state index in [2.05, 4.69) is 101 Å². The van der Waals surface area contributed by atoms with E-state index in [4.69, 9.17) is 9.47 Å². The molecule has 3 aromatic carbocycles. The van der Waals surface area contributed by atoms with Crippen molar-refractivity contribution in [2.45, 2.75) is 6.61 Å². The fourth-order valence-corrected chi connectivity index (χ4v) is 5.87. The third-order valence-corrected chi connectivity index (χ3v) is 7.11. The van der Waals surface area contributed by atoms with Crippen molar-refractivity contribution in [1.82, 2.24) is 0 Å². The van der Waals surface area contributed by atoms with E-state index < -0.39 is 5.97 Å². The van der Waals surface area contributed by atoms with Gasteiger partial charge in [-0.25, -0.2) is 9.79 Å². The zero-order chi connectivity index (χ0) is 22.0. The Morgan fingerprint density at radius 2 is 1.71 bits per heavy atom. The molecule has 156 valence electrons. The maximum absolute atomic E-state index is 12.3. The second-order valence-electron chi connectivity index (χ2n) is 6.58. The number of carbonyl (C=O) groups is 1. The van der Waals surface area contributed by atoms with E-state index in [-0.39, 0.29) is 5.70 Å². The number of hydrogen-bond donors (Lipinski definition) is 0. The summed E-state index contributed by atoms with van der Waals surface area (Å²) in [6, 6.07) is 19.6. The van der Waals surface area contributed by atoms with Gasteiger partial charge in [0.15, 0.2) is 5.70 Å². The summed E-state index contributed by atoms with van der Waals surface area (Å²) in [4.78, 5) is 16.7. The zero-order valence-electron chi connectivity index (χ0n) is 15.7. The first kappa shape index (κ1) is 23.2. The lowest BCUT2D eigenvalue weighted by Gasteiger charge is -2.12. The standard InChI is InChI=1S/C23H13BrI3NO3/c24-16-6-4-15(5-7-16)22-28-20(23(29)31-22)11-14-9-18(26)21(19(27)10-14)30-12-13-2-1-3-17(25)8-13/h1-11H,12H2/b20-11-. The fourth-order valence-electron chi connectivity index (χ4n) is 2.87. The van der Waals surface area contributed by atoms with Gasteiger partial charge in [-0.3, -0.25) is 0 Å². The van der Waals surface area contributed by atoms with Crippen LogP contribution >= 0.6 is 83.7 Å². The molecule has 1 heterocycles. The van der Waals surface area contributed by atoms with Crippen LogP contribution in [0.4, 0.5) is 0 Å². The Morgan fingerprint density at radius 1 is 1.00 bits per heavy atom. The maximum Gasteiger partial charge on any atom is 0.363 e. The maximum atomic E-state index is 12.3. The molecule has 0 aromatic heterocycles. The van der Waals surface area contributed by atoms with Crippen LogP contribution in [0.15, 0.2) is 75.8 Å². The average Bonchev–Trinajstić information content (AvgIpc) is 3.08. The highest BCUT2D eigenvalue weighted by molar-refractivity contribution is 14.1. The Labute approximate surface area is 229 Å². The van der Waals surface area contributed by atoms with Crippen molar-refractivity contribution in [2.75, 3.05) is 0 Å². The molecule has 4 nitrogen and oxygen atoms in total. The van der Waals surface area contributed by atoms with E-state index in [1.54, 1.807) is 6.08 Å². The molecule has 31 heavy (non-hydrogen) atoms. The van der Waals surface area contributed by atoms with E-state index in [9.17, 15) is 4.79 Å². The number of benzene rings is 3. The van der Waals surface area contributed by atoms with Crippen LogP contribution in [0.25, 0.3) is 6.08 Å². The van der Waals surface area contributed by atoms with Crippen LogP contribution in [-0.2, 0) is 16.1 Å². The van der Waals surface area contributed by atoms with Crippen LogP contribution in [0.3, 0.4) is 0 Å². The highest BCUT2D eigenvalue weighted by Crippen LogP contribution is 2.31. The lowest BCUT2D eigenvalue weighted by molar-refractivity contribution is -0.129.